The molecule has 1 fully saturated rings. The maximum atomic E-state index is 13.7. The lowest BCUT2D eigenvalue weighted by Gasteiger charge is -2.18. The van der Waals surface area contributed by atoms with Gasteiger partial charge in [-0.05, 0) is 42.9 Å². The predicted molar refractivity (Wildman–Crippen MR) is 73.2 cm³/mol. The summed E-state index contributed by atoms with van der Waals surface area (Å²) in [5, 5.41) is 0.179. The minimum absolute atomic E-state index is 0.130. The van der Waals surface area contributed by atoms with Gasteiger partial charge in [0.2, 0.25) is 10.0 Å². The molecule has 2 rings (SSSR count). The number of halogens is 2. The molecule has 1 N–H and O–H groups in total. The predicted octanol–water partition coefficient (Wildman–Crippen LogP) is 3.34. The van der Waals surface area contributed by atoms with E-state index in [-0.39, 0.29) is 21.4 Å². The molecule has 1 aliphatic rings. The Morgan fingerprint density at radius 1 is 1.42 bits per heavy atom. The summed E-state index contributed by atoms with van der Waals surface area (Å²) in [5.74, 6) is -0.822. The Labute approximate surface area is 118 Å². The fourth-order valence-corrected chi connectivity index (χ4v) is 4.00. The van der Waals surface area contributed by atoms with Crippen LogP contribution in [0.15, 0.2) is 23.1 Å². The fourth-order valence-electron chi connectivity index (χ4n) is 2.51. The van der Waals surface area contributed by atoms with Crippen LogP contribution in [0.3, 0.4) is 0 Å². The molecule has 6 heteroatoms. The molecule has 0 heterocycles. The SMILES string of the molecule is CC1(C)CCC(NS(=O)(=O)c2ccc(Cl)cc2F)C1. The average molecular weight is 306 g/mol. The van der Waals surface area contributed by atoms with Gasteiger partial charge < -0.3 is 0 Å². The van der Waals surface area contributed by atoms with Gasteiger partial charge in [0, 0.05) is 11.1 Å². The Bertz CT molecular complexity index is 586. The molecule has 1 aliphatic carbocycles. The molecule has 0 aliphatic heterocycles. The largest absolute Gasteiger partial charge is 0.243 e. The van der Waals surface area contributed by atoms with Crippen LogP contribution in [0.25, 0.3) is 0 Å². The first-order valence-electron chi connectivity index (χ1n) is 6.17. The third-order valence-electron chi connectivity index (χ3n) is 3.47. The number of sulfonamides is 1. The molecule has 1 aromatic rings. The molecule has 0 radical (unpaired) electrons. The van der Waals surface area contributed by atoms with Gasteiger partial charge >= 0.3 is 0 Å². The molecule has 1 atom stereocenters. The van der Waals surface area contributed by atoms with E-state index in [0.29, 0.717) is 0 Å². The summed E-state index contributed by atoms with van der Waals surface area (Å²) < 4.78 is 40.5. The van der Waals surface area contributed by atoms with Gasteiger partial charge in [0.15, 0.2) is 0 Å². The van der Waals surface area contributed by atoms with Crippen molar-refractivity contribution in [3.63, 3.8) is 0 Å². The van der Waals surface area contributed by atoms with Crippen molar-refractivity contribution < 1.29 is 12.8 Å². The molecule has 0 amide bonds. The normalized spacial score (nSPS) is 22.6. The lowest BCUT2D eigenvalue weighted by Crippen LogP contribution is -2.34. The van der Waals surface area contributed by atoms with Gasteiger partial charge in [-0.15, -0.1) is 0 Å². The van der Waals surface area contributed by atoms with Gasteiger partial charge in [-0.2, -0.15) is 0 Å². The van der Waals surface area contributed by atoms with E-state index in [2.05, 4.69) is 18.6 Å². The topological polar surface area (TPSA) is 46.2 Å². The lowest BCUT2D eigenvalue weighted by atomic mass is 9.92. The summed E-state index contributed by atoms with van der Waals surface area (Å²) in [5.41, 5.74) is 0.131. The monoisotopic (exact) mass is 305 g/mol. The van der Waals surface area contributed by atoms with Crippen LogP contribution in [-0.4, -0.2) is 14.5 Å². The average Bonchev–Trinajstić information content (AvgIpc) is 2.56. The summed E-state index contributed by atoms with van der Waals surface area (Å²) in [4.78, 5) is -0.346. The van der Waals surface area contributed by atoms with E-state index in [1.165, 1.54) is 12.1 Å². The van der Waals surface area contributed by atoms with Crippen molar-refractivity contribution in [3.05, 3.63) is 29.0 Å². The molecule has 3 nitrogen and oxygen atoms in total. The molecule has 1 saturated carbocycles. The van der Waals surface area contributed by atoms with Crippen LogP contribution in [0.5, 0.6) is 0 Å². The Kier molecular flexibility index (Phi) is 3.91. The van der Waals surface area contributed by atoms with Crippen molar-refractivity contribution in [3.8, 4) is 0 Å². The van der Waals surface area contributed by atoms with E-state index >= 15 is 0 Å². The Hall–Kier alpha value is -0.650. The molecule has 0 spiro atoms. The summed E-state index contributed by atoms with van der Waals surface area (Å²) in [6.45, 7) is 4.20. The maximum Gasteiger partial charge on any atom is 0.243 e. The minimum Gasteiger partial charge on any atom is -0.208 e. The zero-order valence-electron chi connectivity index (χ0n) is 10.9. The molecule has 0 aromatic heterocycles. The second-order valence-electron chi connectivity index (χ2n) is 5.80. The van der Waals surface area contributed by atoms with E-state index < -0.39 is 15.8 Å². The first-order valence-corrected chi connectivity index (χ1v) is 8.03. The molecular weight excluding hydrogens is 289 g/mol. The third-order valence-corrected chi connectivity index (χ3v) is 5.26. The van der Waals surface area contributed by atoms with Crippen molar-refractivity contribution in [1.29, 1.82) is 0 Å². The van der Waals surface area contributed by atoms with Gasteiger partial charge in [-0.1, -0.05) is 25.4 Å². The second-order valence-corrected chi connectivity index (χ2v) is 7.92. The van der Waals surface area contributed by atoms with E-state index in [0.717, 1.165) is 25.3 Å². The molecule has 1 aromatic carbocycles. The number of benzene rings is 1. The number of rotatable bonds is 3. The van der Waals surface area contributed by atoms with Crippen molar-refractivity contribution in [2.45, 2.75) is 44.0 Å². The highest BCUT2D eigenvalue weighted by molar-refractivity contribution is 7.89. The summed E-state index contributed by atoms with van der Waals surface area (Å²) >= 11 is 5.62. The van der Waals surface area contributed by atoms with E-state index in [4.69, 9.17) is 11.6 Å². The smallest absolute Gasteiger partial charge is 0.208 e. The summed E-state index contributed by atoms with van der Waals surface area (Å²) in [6, 6.07) is 3.45. The van der Waals surface area contributed by atoms with Gasteiger partial charge in [0.25, 0.3) is 0 Å². The first kappa shape index (κ1) is 14.8. The van der Waals surface area contributed by atoms with Gasteiger partial charge in [0.05, 0.1) is 0 Å². The van der Waals surface area contributed by atoms with Gasteiger partial charge in [-0.25, -0.2) is 17.5 Å². The van der Waals surface area contributed by atoms with Crippen molar-refractivity contribution in [2.75, 3.05) is 0 Å². The standard InChI is InChI=1S/C13H17ClFNO2S/c1-13(2)6-5-10(8-13)16-19(17,18)12-4-3-9(14)7-11(12)15/h3-4,7,10,16H,5-6,8H2,1-2H3. The van der Waals surface area contributed by atoms with Crippen molar-refractivity contribution in [1.82, 2.24) is 4.72 Å². The molecule has 0 saturated heterocycles. The Morgan fingerprint density at radius 3 is 2.63 bits per heavy atom. The third kappa shape index (κ3) is 3.46. The molecule has 19 heavy (non-hydrogen) atoms. The zero-order valence-corrected chi connectivity index (χ0v) is 12.5. The fraction of sp³-hybridized carbons (Fsp3) is 0.538. The number of hydrogen-bond donors (Lipinski definition) is 1. The van der Waals surface area contributed by atoms with E-state index in [1.807, 2.05) is 0 Å². The van der Waals surface area contributed by atoms with Crippen LogP contribution < -0.4 is 4.72 Å². The van der Waals surface area contributed by atoms with Crippen LogP contribution in [0.4, 0.5) is 4.39 Å². The molecule has 106 valence electrons. The lowest BCUT2D eigenvalue weighted by molar-refractivity contribution is 0.372. The number of nitrogens with one attached hydrogen (secondary N) is 1. The zero-order chi connectivity index (χ0) is 14.3. The van der Waals surface area contributed by atoms with Crippen LogP contribution in [0.2, 0.25) is 5.02 Å². The highest BCUT2D eigenvalue weighted by atomic mass is 35.5. The Morgan fingerprint density at radius 2 is 2.11 bits per heavy atom. The van der Waals surface area contributed by atoms with Crippen LogP contribution in [0, 0.1) is 11.2 Å². The van der Waals surface area contributed by atoms with Gasteiger partial charge in [0.1, 0.15) is 10.7 Å². The van der Waals surface area contributed by atoms with Crippen LogP contribution >= 0.6 is 11.6 Å². The van der Waals surface area contributed by atoms with E-state index in [9.17, 15) is 12.8 Å². The van der Waals surface area contributed by atoms with E-state index in [1.54, 1.807) is 0 Å². The molecule has 1 unspecified atom stereocenters. The summed E-state index contributed by atoms with van der Waals surface area (Å²) in [7, 11) is -3.82. The first-order chi connectivity index (χ1) is 8.70. The van der Waals surface area contributed by atoms with Crippen LogP contribution in [-0.2, 0) is 10.0 Å². The highest BCUT2D eigenvalue weighted by Crippen LogP contribution is 2.37. The van der Waals surface area contributed by atoms with Gasteiger partial charge in [-0.3, -0.25) is 0 Å². The molecular formula is C13H17ClFNO2S. The quantitative estimate of drug-likeness (QED) is 0.931. The second kappa shape index (κ2) is 5.04. The number of hydrogen-bond acceptors (Lipinski definition) is 2. The highest BCUT2D eigenvalue weighted by Gasteiger charge is 2.34. The van der Waals surface area contributed by atoms with Crippen molar-refractivity contribution >= 4 is 21.6 Å². The Balaban J connectivity index is 2.19. The minimum atomic E-state index is -3.82. The van der Waals surface area contributed by atoms with Crippen LogP contribution in [0.1, 0.15) is 33.1 Å². The van der Waals surface area contributed by atoms with Crippen molar-refractivity contribution in [2.24, 2.45) is 5.41 Å². The summed E-state index contributed by atoms with van der Waals surface area (Å²) in [6.07, 6.45) is 2.51. The molecule has 0 bridgehead atoms. The maximum absolute atomic E-state index is 13.7.